The molecule has 0 aliphatic rings. The van der Waals surface area contributed by atoms with Crippen molar-refractivity contribution in [1.82, 2.24) is 10.3 Å². The zero-order chi connectivity index (χ0) is 9.68. The van der Waals surface area contributed by atoms with Crippen LogP contribution in [0.25, 0.3) is 0 Å². The third-order valence-corrected chi connectivity index (χ3v) is 3.07. The summed E-state index contributed by atoms with van der Waals surface area (Å²) in [6.45, 7) is 4.37. The lowest BCUT2D eigenvalue weighted by Crippen LogP contribution is -2.15. The smallest absolute Gasteiger partial charge is 0.0928 e. The highest BCUT2D eigenvalue weighted by Gasteiger charge is 2.09. The zero-order valence-electron chi connectivity index (χ0n) is 8.63. The maximum atomic E-state index is 4.60. The van der Waals surface area contributed by atoms with Gasteiger partial charge in [0.1, 0.15) is 0 Å². The van der Waals surface area contributed by atoms with Gasteiger partial charge in [0.2, 0.25) is 0 Å². The van der Waals surface area contributed by atoms with E-state index in [0.717, 1.165) is 12.8 Å². The normalized spacial score (nSPS) is 13.2. The van der Waals surface area contributed by atoms with Gasteiger partial charge in [-0.15, -0.1) is 11.3 Å². The van der Waals surface area contributed by atoms with Gasteiger partial charge in [0.15, 0.2) is 0 Å². The third-order valence-electron chi connectivity index (χ3n) is 2.15. The lowest BCUT2D eigenvalue weighted by molar-refractivity contribution is 0.563. The molecule has 0 aliphatic heterocycles. The molecule has 1 aromatic heterocycles. The summed E-state index contributed by atoms with van der Waals surface area (Å²) >= 11 is 1.78. The van der Waals surface area contributed by atoms with E-state index in [1.807, 2.05) is 7.05 Å². The van der Waals surface area contributed by atoms with Gasteiger partial charge in [0.05, 0.1) is 10.7 Å². The van der Waals surface area contributed by atoms with Gasteiger partial charge in [-0.05, 0) is 26.3 Å². The summed E-state index contributed by atoms with van der Waals surface area (Å²) in [6, 6.07) is 0.432. The van der Waals surface area contributed by atoms with Crippen LogP contribution in [-0.2, 0) is 6.42 Å². The van der Waals surface area contributed by atoms with Crippen LogP contribution in [0, 0.1) is 0 Å². The van der Waals surface area contributed by atoms with Gasteiger partial charge in [-0.25, -0.2) is 4.98 Å². The van der Waals surface area contributed by atoms with Crippen molar-refractivity contribution in [2.45, 2.75) is 39.2 Å². The molecule has 0 aromatic carbocycles. The van der Waals surface area contributed by atoms with Gasteiger partial charge >= 0.3 is 0 Å². The Labute approximate surface area is 84.4 Å². The van der Waals surface area contributed by atoms with Crippen LogP contribution in [0.15, 0.2) is 5.38 Å². The number of nitrogens with zero attached hydrogens (tertiary/aromatic N) is 1. The second kappa shape index (κ2) is 5.35. The Morgan fingerprint density at radius 1 is 1.54 bits per heavy atom. The van der Waals surface area contributed by atoms with Crippen LogP contribution >= 0.6 is 11.3 Å². The van der Waals surface area contributed by atoms with Gasteiger partial charge in [0, 0.05) is 11.4 Å². The zero-order valence-corrected chi connectivity index (χ0v) is 9.45. The second-order valence-electron chi connectivity index (χ2n) is 3.17. The summed E-state index contributed by atoms with van der Waals surface area (Å²) < 4.78 is 0. The highest BCUT2D eigenvalue weighted by atomic mass is 32.1. The minimum absolute atomic E-state index is 0.432. The SMILES string of the molecule is CCCc1nc(C(CC)NC)cs1. The first-order valence-corrected chi connectivity index (χ1v) is 5.81. The molecule has 0 saturated heterocycles. The Balaban J connectivity index is 2.66. The highest BCUT2D eigenvalue weighted by molar-refractivity contribution is 7.09. The molecule has 0 saturated carbocycles. The van der Waals surface area contributed by atoms with Crippen LogP contribution < -0.4 is 5.32 Å². The number of aryl methyl sites for hydroxylation is 1. The molecule has 1 rings (SSSR count). The van der Waals surface area contributed by atoms with E-state index >= 15 is 0 Å². The van der Waals surface area contributed by atoms with Crippen LogP contribution in [0.2, 0.25) is 0 Å². The molecule has 0 aliphatic carbocycles. The van der Waals surface area contributed by atoms with Crippen LogP contribution in [0.5, 0.6) is 0 Å². The molecule has 1 unspecified atom stereocenters. The van der Waals surface area contributed by atoms with Gasteiger partial charge in [-0.2, -0.15) is 0 Å². The van der Waals surface area contributed by atoms with Crippen molar-refractivity contribution >= 4 is 11.3 Å². The lowest BCUT2D eigenvalue weighted by atomic mass is 10.2. The molecule has 3 heteroatoms. The predicted octanol–water partition coefficient (Wildman–Crippen LogP) is 2.77. The van der Waals surface area contributed by atoms with E-state index in [-0.39, 0.29) is 0 Å². The number of hydrogen-bond donors (Lipinski definition) is 1. The van der Waals surface area contributed by atoms with Crippen molar-refractivity contribution in [1.29, 1.82) is 0 Å². The Bertz CT molecular complexity index is 241. The molecule has 1 heterocycles. The molecule has 0 radical (unpaired) electrons. The molecule has 13 heavy (non-hydrogen) atoms. The summed E-state index contributed by atoms with van der Waals surface area (Å²) in [5.41, 5.74) is 1.21. The van der Waals surface area contributed by atoms with Crippen LogP contribution in [-0.4, -0.2) is 12.0 Å². The van der Waals surface area contributed by atoms with E-state index in [0.29, 0.717) is 6.04 Å². The molecule has 0 amide bonds. The van der Waals surface area contributed by atoms with E-state index in [2.05, 4.69) is 29.5 Å². The van der Waals surface area contributed by atoms with Gasteiger partial charge < -0.3 is 5.32 Å². The molecule has 0 bridgehead atoms. The summed E-state index contributed by atoms with van der Waals surface area (Å²) in [6.07, 6.45) is 3.40. The van der Waals surface area contributed by atoms with Crippen molar-refractivity contribution in [2.75, 3.05) is 7.05 Å². The molecule has 0 spiro atoms. The third kappa shape index (κ3) is 2.78. The standard InChI is InChI=1S/C10H18N2S/c1-4-6-10-12-9(7-13-10)8(5-2)11-3/h7-8,11H,4-6H2,1-3H3. The molecular weight excluding hydrogens is 180 g/mol. The molecule has 1 atom stereocenters. The van der Waals surface area contributed by atoms with Crippen molar-refractivity contribution in [3.63, 3.8) is 0 Å². The predicted molar refractivity (Wildman–Crippen MR) is 58.2 cm³/mol. The number of aromatic nitrogens is 1. The van der Waals surface area contributed by atoms with E-state index < -0.39 is 0 Å². The average Bonchev–Trinajstić information content (AvgIpc) is 2.56. The fraction of sp³-hybridized carbons (Fsp3) is 0.700. The monoisotopic (exact) mass is 198 g/mol. The Morgan fingerprint density at radius 3 is 2.85 bits per heavy atom. The van der Waals surface area contributed by atoms with Crippen LogP contribution in [0.4, 0.5) is 0 Å². The summed E-state index contributed by atoms with van der Waals surface area (Å²) in [7, 11) is 1.99. The highest BCUT2D eigenvalue weighted by Crippen LogP contribution is 2.19. The Kier molecular flexibility index (Phi) is 4.39. The lowest BCUT2D eigenvalue weighted by Gasteiger charge is -2.09. The first kappa shape index (κ1) is 10.7. The molecule has 1 N–H and O–H groups in total. The summed E-state index contributed by atoms with van der Waals surface area (Å²) in [5.74, 6) is 0. The van der Waals surface area contributed by atoms with E-state index in [1.54, 1.807) is 11.3 Å². The molecule has 2 nitrogen and oxygen atoms in total. The quantitative estimate of drug-likeness (QED) is 0.787. The van der Waals surface area contributed by atoms with E-state index in [1.165, 1.54) is 17.1 Å². The maximum Gasteiger partial charge on any atom is 0.0928 e. The van der Waals surface area contributed by atoms with Gasteiger partial charge in [-0.1, -0.05) is 13.8 Å². The molecular formula is C10H18N2S. The molecule has 74 valence electrons. The van der Waals surface area contributed by atoms with Gasteiger partial charge in [-0.3, -0.25) is 0 Å². The number of nitrogens with one attached hydrogen (secondary N) is 1. The molecule has 1 aromatic rings. The average molecular weight is 198 g/mol. The minimum Gasteiger partial charge on any atom is -0.312 e. The van der Waals surface area contributed by atoms with Crippen molar-refractivity contribution in [3.8, 4) is 0 Å². The number of hydrogen-bond acceptors (Lipinski definition) is 3. The van der Waals surface area contributed by atoms with E-state index in [4.69, 9.17) is 0 Å². The first-order valence-electron chi connectivity index (χ1n) is 4.93. The van der Waals surface area contributed by atoms with Crippen molar-refractivity contribution in [2.24, 2.45) is 0 Å². The molecule has 0 fully saturated rings. The topological polar surface area (TPSA) is 24.9 Å². The largest absolute Gasteiger partial charge is 0.312 e. The van der Waals surface area contributed by atoms with Crippen molar-refractivity contribution < 1.29 is 0 Å². The first-order chi connectivity index (χ1) is 6.31. The van der Waals surface area contributed by atoms with Crippen LogP contribution in [0.1, 0.15) is 43.4 Å². The maximum absolute atomic E-state index is 4.60. The second-order valence-corrected chi connectivity index (χ2v) is 4.11. The fourth-order valence-corrected chi connectivity index (χ4v) is 2.33. The summed E-state index contributed by atoms with van der Waals surface area (Å²) in [5, 5.41) is 6.71. The summed E-state index contributed by atoms with van der Waals surface area (Å²) in [4.78, 5) is 4.60. The van der Waals surface area contributed by atoms with Crippen LogP contribution in [0.3, 0.4) is 0 Å². The Morgan fingerprint density at radius 2 is 2.31 bits per heavy atom. The minimum atomic E-state index is 0.432. The Hall–Kier alpha value is -0.410. The number of thiazole rings is 1. The van der Waals surface area contributed by atoms with E-state index in [9.17, 15) is 0 Å². The fourth-order valence-electron chi connectivity index (χ4n) is 1.37. The number of rotatable bonds is 5. The van der Waals surface area contributed by atoms with Gasteiger partial charge in [0.25, 0.3) is 0 Å². The van der Waals surface area contributed by atoms with Crippen molar-refractivity contribution in [3.05, 3.63) is 16.1 Å².